The summed E-state index contributed by atoms with van der Waals surface area (Å²) in [6.07, 6.45) is 3.84. The van der Waals surface area contributed by atoms with E-state index < -0.39 is 5.60 Å². The van der Waals surface area contributed by atoms with E-state index in [1.165, 1.54) is 11.1 Å². The van der Waals surface area contributed by atoms with Crippen molar-refractivity contribution in [3.05, 3.63) is 23.8 Å². The second kappa shape index (κ2) is 8.33. The quantitative estimate of drug-likeness (QED) is 0.780. The number of hydrogen-bond donors (Lipinski definition) is 0. The zero-order valence-corrected chi connectivity index (χ0v) is 12.7. The fraction of sp³-hybridized carbons (Fsp3) is 0.600. The second-order valence-electron chi connectivity index (χ2n) is 5.42. The van der Waals surface area contributed by atoms with Crippen LogP contribution < -0.4 is 0 Å². The highest BCUT2D eigenvalue weighted by molar-refractivity contribution is 5.69. The molecule has 0 aliphatic carbocycles. The van der Waals surface area contributed by atoms with E-state index in [1.54, 1.807) is 4.90 Å². The highest BCUT2D eigenvalue weighted by atomic mass is 16.6. The van der Waals surface area contributed by atoms with Crippen molar-refractivity contribution in [1.82, 2.24) is 4.90 Å². The Balaban J connectivity index is 0.00000110. The fourth-order valence-corrected chi connectivity index (χ4v) is 1.92. The average molecular weight is 281 g/mol. The van der Waals surface area contributed by atoms with E-state index in [1.807, 2.05) is 26.8 Å². The summed E-state index contributed by atoms with van der Waals surface area (Å²) in [5, 5.41) is 0. The summed E-state index contributed by atoms with van der Waals surface area (Å²) >= 11 is 0. The lowest BCUT2D eigenvalue weighted by Crippen LogP contribution is -2.40. The maximum Gasteiger partial charge on any atom is 0.410 e. The van der Waals surface area contributed by atoms with Crippen molar-refractivity contribution in [2.75, 3.05) is 13.1 Å². The lowest BCUT2D eigenvalue weighted by Gasteiger charge is -2.31. The molecular weight excluding hydrogens is 258 g/mol. The Morgan fingerprint density at radius 3 is 2.40 bits per heavy atom. The van der Waals surface area contributed by atoms with Gasteiger partial charge < -0.3 is 9.64 Å². The van der Waals surface area contributed by atoms with E-state index in [0.29, 0.717) is 6.54 Å². The van der Waals surface area contributed by atoms with Gasteiger partial charge >= 0.3 is 12.2 Å². The monoisotopic (exact) mass is 281 g/mol. The molecule has 5 heteroatoms. The van der Waals surface area contributed by atoms with E-state index >= 15 is 0 Å². The van der Waals surface area contributed by atoms with Gasteiger partial charge in [0.1, 0.15) is 5.60 Å². The summed E-state index contributed by atoms with van der Waals surface area (Å²) in [4.78, 5) is 29.9. The number of carbonyl (C=O) groups excluding carboxylic acids is 3. The van der Waals surface area contributed by atoms with E-state index in [0.717, 1.165) is 19.4 Å². The van der Waals surface area contributed by atoms with E-state index in [9.17, 15) is 4.79 Å². The average Bonchev–Trinajstić information content (AvgIpc) is 2.36. The Morgan fingerprint density at radius 1 is 1.45 bits per heavy atom. The first-order valence-corrected chi connectivity index (χ1v) is 6.59. The smallest absolute Gasteiger partial charge is 0.410 e. The second-order valence-corrected chi connectivity index (χ2v) is 5.42. The third kappa shape index (κ3) is 6.34. The minimum Gasteiger partial charge on any atom is -0.444 e. The minimum atomic E-state index is -0.430. The lowest BCUT2D eigenvalue weighted by atomic mass is 9.98. The first-order chi connectivity index (χ1) is 9.28. The molecule has 0 saturated heterocycles. The molecule has 0 bridgehead atoms. The largest absolute Gasteiger partial charge is 0.444 e. The molecule has 0 saturated carbocycles. The Kier molecular flexibility index (Phi) is 7.55. The Hall–Kier alpha value is -1.87. The van der Waals surface area contributed by atoms with Gasteiger partial charge in [0.2, 0.25) is 0 Å². The molecule has 0 radical (unpaired) electrons. The number of nitrogens with zero attached hydrogens (tertiary/aromatic N) is 1. The van der Waals surface area contributed by atoms with Crippen LogP contribution in [0.4, 0.5) is 4.79 Å². The van der Waals surface area contributed by atoms with Crippen LogP contribution in [0.3, 0.4) is 0 Å². The van der Waals surface area contributed by atoms with Gasteiger partial charge in [-0.05, 0) is 39.2 Å². The maximum atomic E-state index is 11.9. The topological polar surface area (TPSA) is 63.7 Å². The van der Waals surface area contributed by atoms with Crippen LogP contribution in [0.1, 0.15) is 40.5 Å². The Bertz CT molecular complexity index is 412. The normalized spacial score (nSPS) is 14.9. The van der Waals surface area contributed by atoms with Crippen molar-refractivity contribution < 1.29 is 19.1 Å². The predicted molar refractivity (Wildman–Crippen MR) is 74.9 cm³/mol. The summed E-state index contributed by atoms with van der Waals surface area (Å²) < 4.78 is 5.37. The van der Waals surface area contributed by atoms with Gasteiger partial charge in [-0.25, -0.2) is 4.79 Å². The van der Waals surface area contributed by atoms with Gasteiger partial charge in [0.05, 0.1) is 0 Å². The minimum absolute atomic E-state index is 0.230. The molecule has 1 rings (SSSR count). The predicted octanol–water partition coefficient (Wildman–Crippen LogP) is 2.94. The third-order valence-electron chi connectivity index (χ3n) is 2.82. The molecule has 1 aliphatic heterocycles. The molecule has 0 spiro atoms. The van der Waals surface area contributed by atoms with Gasteiger partial charge in [-0.15, -0.1) is 0 Å². The molecule has 0 aromatic carbocycles. The van der Waals surface area contributed by atoms with Gasteiger partial charge in [0.25, 0.3) is 0 Å². The zero-order chi connectivity index (χ0) is 15.8. The standard InChI is InChI=1S/C14H23NO2.CO2/c1-6-11-8-9-15(10-12(11)7-2)13(16)17-14(3,4)5;2-1-3/h7H,2,6,8-10H2,1,3-5H3;. The molecule has 5 nitrogen and oxygen atoms in total. The maximum absolute atomic E-state index is 11.9. The molecule has 112 valence electrons. The Labute approximate surface area is 120 Å². The van der Waals surface area contributed by atoms with E-state index in [-0.39, 0.29) is 12.2 Å². The molecule has 0 unspecified atom stereocenters. The Morgan fingerprint density at radius 2 is 2.00 bits per heavy atom. The third-order valence-corrected chi connectivity index (χ3v) is 2.82. The summed E-state index contributed by atoms with van der Waals surface area (Å²) in [5.74, 6) is 0. The summed E-state index contributed by atoms with van der Waals surface area (Å²) in [6, 6.07) is 0. The van der Waals surface area contributed by atoms with Crippen LogP contribution in [0.15, 0.2) is 23.8 Å². The van der Waals surface area contributed by atoms with E-state index in [2.05, 4.69) is 13.5 Å². The molecule has 1 amide bonds. The van der Waals surface area contributed by atoms with Crippen LogP contribution >= 0.6 is 0 Å². The fourth-order valence-electron chi connectivity index (χ4n) is 1.92. The zero-order valence-electron chi connectivity index (χ0n) is 12.7. The number of rotatable bonds is 2. The molecule has 1 heterocycles. The lowest BCUT2D eigenvalue weighted by molar-refractivity contribution is -0.191. The number of hydrogen-bond acceptors (Lipinski definition) is 4. The first kappa shape index (κ1) is 18.1. The van der Waals surface area contributed by atoms with Crippen molar-refractivity contribution in [3.8, 4) is 0 Å². The number of ether oxygens (including phenoxy) is 1. The van der Waals surface area contributed by atoms with Gasteiger partial charge in [0.15, 0.2) is 0 Å². The van der Waals surface area contributed by atoms with E-state index in [4.69, 9.17) is 14.3 Å². The van der Waals surface area contributed by atoms with Gasteiger partial charge in [0, 0.05) is 13.1 Å². The van der Waals surface area contributed by atoms with Crippen molar-refractivity contribution in [1.29, 1.82) is 0 Å². The first-order valence-electron chi connectivity index (χ1n) is 6.59. The molecule has 1 aliphatic rings. The highest BCUT2D eigenvalue weighted by Gasteiger charge is 2.25. The summed E-state index contributed by atoms with van der Waals surface area (Å²) in [7, 11) is 0. The summed E-state index contributed by atoms with van der Waals surface area (Å²) in [5.41, 5.74) is 2.14. The van der Waals surface area contributed by atoms with Crippen LogP contribution in [-0.2, 0) is 14.3 Å². The number of amides is 1. The summed E-state index contributed by atoms with van der Waals surface area (Å²) in [6.45, 7) is 13.0. The van der Waals surface area contributed by atoms with Crippen LogP contribution in [0.25, 0.3) is 0 Å². The van der Waals surface area contributed by atoms with Crippen LogP contribution in [0, 0.1) is 0 Å². The van der Waals surface area contributed by atoms with Gasteiger partial charge in [-0.3, -0.25) is 0 Å². The molecule has 0 atom stereocenters. The van der Waals surface area contributed by atoms with Crippen molar-refractivity contribution in [2.45, 2.75) is 46.1 Å². The molecule has 20 heavy (non-hydrogen) atoms. The van der Waals surface area contributed by atoms with Crippen LogP contribution in [-0.4, -0.2) is 35.8 Å². The molecule has 0 aromatic heterocycles. The highest BCUT2D eigenvalue weighted by Crippen LogP contribution is 2.22. The van der Waals surface area contributed by atoms with Crippen LogP contribution in [0.2, 0.25) is 0 Å². The van der Waals surface area contributed by atoms with Crippen molar-refractivity contribution >= 4 is 12.2 Å². The molecule has 0 N–H and O–H groups in total. The molecule has 0 aromatic rings. The van der Waals surface area contributed by atoms with Crippen molar-refractivity contribution in [2.24, 2.45) is 0 Å². The van der Waals surface area contributed by atoms with Crippen molar-refractivity contribution in [3.63, 3.8) is 0 Å². The SMILES string of the molecule is C=CC1=C(CC)CCN(C(=O)OC(C)(C)C)C1.O=C=O. The number of carbonyl (C=O) groups is 1. The van der Waals surface area contributed by atoms with Crippen LogP contribution in [0.5, 0.6) is 0 Å². The molecule has 0 fully saturated rings. The van der Waals surface area contributed by atoms with Gasteiger partial charge in [-0.1, -0.05) is 25.2 Å². The molecular formula is C15H23NO4. The van der Waals surface area contributed by atoms with Gasteiger partial charge in [-0.2, -0.15) is 9.59 Å².